The van der Waals surface area contributed by atoms with Crippen molar-refractivity contribution in [1.29, 1.82) is 0 Å². The minimum atomic E-state index is -4.09. The number of fused-ring (bicyclic) bond motifs is 1. The molecule has 24 heavy (non-hydrogen) atoms. The molecule has 0 heterocycles. The Bertz CT molecular complexity index is 925. The summed E-state index contributed by atoms with van der Waals surface area (Å²) in [5.41, 5.74) is 2.72. The first-order valence-electron chi connectivity index (χ1n) is 7.43. The number of primary sulfonamides is 1. The molecule has 0 amide bonds. The van der Waals surface area contributed by atoms with Crippen LogP contribution in [0.5, 0.6) is 0 Å². The van der Waals surface area contributed by atoms with Gasteiger partial charge in [-0.3, -0.25) is 10.1 Å². The predicted molar refractivity (Wildman–Crippen MR) is 90.3 cm³/mol. The molecule has 2 aromatic carbocycles. The van der Waals surface area contributed by atoms with E-state index in [0.717, 1.165) is 24.5 Å². The molecule has 0 spiro atoms. The Morgan fingerprint density at radius 2 is 2.00 bits per heavy atom. The van der Waals surface area contributed by atoms with Gasteiger partial charge in [0, 0.05) is 11.6 Å². The summed E-state index contributed by atoms with van der Waals surface area (Å²) in [6, 6.07) is 10.4. The Morgan fingerprint density at radius 1 is 1.29 bits per heavy atom. The summed E-state index contributed by atoms with van der Waals surface area (Å²) < 4.78 is 23.7. The zero-order valence-corrected chi connectivity index (χ0v) is 13.8. The monoisotopic (exact) mass is 347 g/mol. The normalized spacial score (nSPS) is 16.7. The summed E-state index contributed by atoms with van der Waals surface area (Å²) in [6.07, 6.45) is 1.71. The van der Waals surface area contributed by atoms with E-state index in [-0.39, 0.29) is 16.6 Å². The zero-order valence-electron chi connectivity index (χ0n) is 13.0. The van der Waals surface area contributed by atoms with Crippen LogP contribution in [-0.2, 0) is 16.4 Å². The van der Waals surface area contributed by atoms with Crippen molar-refractivity contribution in [2.45, 2.75) is 30.7 Å². The number of nitro groups is 1. The Morgan fingerprint density at radius 3 is 2.67 bits per heavy atom. The second kappa shape index (κ2) is 5.88. The molecule has 0 aromatic heterocycles. The number of aryl methyl sites for hydroxylation is 2. The van der Waals surface area contributed by atoms with E-state index < -0.39 is 14.9 Å². The molecule has 3 rings (SSSR count). The number of nitrogens with one attached hydrogen (secondary N) is 1. The first kappa shape index (κ1) is 16.4. The van der Waals surface area contributed by atoms with Crippen molar-refractivity contribution in [2.75, 3.05) is 5.32 Å². The van der Waals surface area contributed by atoms with Crippen molar-refractivity contribution in [2.24, 2.45) is 5.14 Å². The van der Waals surface area contributed by atoms with Crippen molar-refractivity contribution in [1.82, 2.24) is 0 Å². The van der Waals surface area contributed by atoms with Gasteiger partial charge in [0.2, 0.25) is 10.0 Å². The average Bonchev–Trinajstić information content (AvgIpc) is 2.89. The summed E-state index contributed by atoms with van der Waals surface area (Å²) in [5.74, 6) is 0. The zero-order chi connectivity index (χ0) is 17.5. The highest BCUT2D eigenvalue weighted by molar-refractivity contribution is 7.89. The summed E-state index contributed by atoms with van der Waals surface area (Å²) in [7, 11) is -4.09. The minimum absolute atomic E-state index is 0.0532. The molecule has 0 radical (unpaired) electrons. The number of nitrogens with two attached hydrogens (primary N) is 1. The summed E-state index contributed by atoms with van der Waals surface area (Å²) >= 11 is 0. The van der Waals surface area contributed by atoms with E-state index >= 15 is 0 Å². The molecule has 0 bridgehead atoms. The maximum atomic E-state index is 11.9. The second-order valence-corrected chi connectivity index (χ2v) is 7.40. The fraction of sp³-hybridized carbons (Fsp3) is 0.250. The van der Waals surface area contributed by atoms with E-state index in [1.165, 1.54) is 11.6 Å². The van der Waals surface area contributed by atoms with Gasteiger partial charge in [0.25, 0.3) is 5.69 Å². The van der Waals surface area contributed by atoms with E-state index in [1.807, 2.05) is 24.3 Å². The topological polar surface area (TPSA) is 115 Å². The third-order valence-corrected chi connectivity index (χ3v) is 5.21. The molecular weight excluding hydrogens is 330 g/mol. The van der Waals surface area contributed by atoms with E-state index in [4.69, 9.17) is 5.14 Å². The molecule has 7 nitrogen and oxygen atoms in total. The molecule has 8 heteroatoms. The van der Waals surface area contributed by atoms with E-state index in [0.29, 0.717) is 11.3 Å². The minimum Gasteiger partial charge on any atom is -0.377 e. The number of nitrogens with zero attached hydrogens (tertiary/aromatic N) is 1. The quantitative estimate of drug-likeness (QED) is 0.651. The first-order chi connectivity index (χ1) is 11.3. The van der Waals surface area contributed by atoms with Crippen molar-refractivity contribution < 1.29 is 13.3 Å². The lowest BCUT2D eigenvalue weighted by Crippen LogP contribution is -2.17. The fourth-order valence-electron chi connectivity index (χ4n) is 3.12. The number of rotatable bonds is 4. The molecular formula is C16H17N3O4S. The van der Waals surface area contributed by atoms with E-state index in [2.05, 4.69) is 5.32 Å². The van der Waals surface area contributed by atoms with Crippen molar-refractivity contribution >= 4 is 21.4 Å². The number of anilines is 1. The lowest BCUT2D eigenvalue weighted by Gasteiger charge is -2.18. The number of hydrogen-bond acceptors (Lipinski definition) is 5. The van der Waals surface area contributed by atoms with Gasteiger partial charge in [-0.25, -0.2) is 13.6 Å². The predicted octanol–water partition coefficient (Wildman–Crippen LogP) is 2.65. The maximum Gasteiger partial charge on any atom is 0.273 e. The first-order valence-corrected chi connectivity index (χ1v) is 8.98. The van der Waals surface area contributed by atoms with Gasteiger partial charge in [-0.1, -0.05) is 24.3 Å². The van der Waals surface area contributed by atoms with Gasteiger partial charge in [-0.2, -0.15) is 0 Å². The summed E-state index contributed by atoms with van der Waals surface area (Å²) in [6.45, 7) is 1.57. The molecule has 0 fully saturated rings. The van der Waals surface area contributed by atoms with Gasteiger partial charge >= 0.3 is 0 Å². The van der Waals surface area contributed by atoms with Crippen LogP contribution in [0.15, 0.2) is 41.3 Å². The second-order valence-electron chi connectivity index (χ2n) is 5.87. The van der Waals surface area contributed by atoms with Gasteiger partial charge in [-0.15, -0.1) is 0 Å². The number of nitro benzene ring substituents is 1. The molecule has 1 atom stereocenters. The molecule has 0 aliphatic heterocycles. The molecule has 1 unspecified atom stereocenters. The van der Waals surface area contributed by atoms with Crippen molar-refractivity contribution in [3.63, 3.8) is 0 Å². The Hall–Kier alpha value is -2.45. The number of benzene rings is 2. The molecule has 1 aliphatic rings. The average molecular weight is 347 g/mol. The number of sulfonamides is 1. The summed E-state index contributed by atoms with van der Waals surface area (Å²) in [4.78, 5) is 10.2. The van der Waals surface area contributed by atoms with Crippen molar-refractivity contribution in [3.8, 4) is 0 Å². The van der Waals surface area contributed by atoms with Crippen LogP contribution in [-0.4, -0.2) is 13.3 Å². The Balaban J connectivity index is 2.05. The van der Waals surface area contributed by atoms with E-state index in [1.54, 1.807) is 6.92 Å². The van der Waals surface area contributed by atoms with E-state index in [9.17, 15) is 18.5 Å². The highest BCUT2D eigenvalue weighted by atomic mass is 32.2. The van der Waals surface area contributed by atoms with Crippen LogP contribution in [0.3, 0.4) is 0 Å². The van der Waals surface area contributed by atoms with Crippen LogP contribution < -0.4 is 10.5 Å². The standard InChI is InChI=1S/C16H17N3O4S/c1-10-8-14(16(24(17,22)23)9-15(10)19(20)21)18-13-7-6-11-4-2-3-5-12(11)13/h2-5,8-9,13,18H,6-7H2,1H3,(H2,17,22,23). The van der Waals surface area contributed by atoms with Crippen LogP contribution >= 0.6 is 0 Å². The SMILES string of the molecule is Cc1cc(NC2CCc3ccccc32)c(S(N)(=O)=O)cc1[N+](=O)[O-]. The van der Waals surface area contributed by atoms with Gasteiger partial charge in [0.05, 0.1) is 16.7 Å². The molecule has 3 N–H and O–H groups in total. The van der Waals surface area contributed by atoms with Crippen LogP contribution in [0.1, 0.15) is 29.2 Å². The smallest absolute Gasteiger partial charge is 0.273 e. The Kier molecular flexibility index (Phi) is 4.02. The van der Waals surface area contributed by atoms with Gasteiger partial charge in [0.1, 0.15) is 4.90 Å². The summed E-state index contributed by atoms with van der Waals surface area (Å²) in [5, 5.41) is 19.5. The van der Waals surface area contributed by atoms with Gasteiger partial charge < -0.3 is 5.32 Å². The highest BCUT2D eigenvalue weighted by Crippen LogP contribution is 2.37. The third kappa shape index (κ3) is 2.98. The number of hydrogen-bond donors (Lipinski definition) is 2. The molecule has 2 aromatic rings. The van der Waals surface area contributed by atoms with Gasteiger partial charge in [0.15, 0.2) is 0 Å². The molecule has 1 aliphatic carbocycles. The highest BCUT2D eigenvalue weighted by Gasteiger charge is 2.26. The lowest BCUT2D eigenvalue weighted by molar-refractivity contribution is -0.385. The van der Waals surface area contributed by atoms with Crippen LogP contribution in [0, 0.1) is 17.0 Å². The lowest BCUT2D eigenvalue weighted by atomic mass is 10.1. The molecule has 0 saturated heterocycles. The third-order valence-electron chi connectivity index (χ3n) is 4.26. The van der Waals surface area contributed by atoms with Crippen LogP contribution in [0.4, 0.5) is 11.4 Å². The van der Waals surface area contributed by atoms with Gasteiger partial charge in [-0.05, 0) is 37.0 Å². The van der Waals surface area contributed by atoms with Crippen LogP contribution in [0.25, 0.3) is 0 Å². The molecule has 0 saturated carbocycles. The fourth-order valence-corrected chi connectivity index (χ4v) is 3.82. The Labute approximate surface area is 139 Å². The van der Waals surface area contributed by atoms with Crippen molar-refractivity contribution in [3.05, 3.63) is 63.2 Å². The van der Waals surface area contributed by atoms with Crippen LogP contribution in [0.2, 0.25) is 0 Å². The largest absolute Gasteiger partial charge is 0.377 e. The maximum absolute atomic E-state index is 11.9. The molecule has 126 valence electrons.